The molecule has 0 fully saturated rings. The summed E-state index contributed by atoms with van der Waals surface area (Å²) in [7, 11) is 0. The summed E-state index contributed by atoms with van der Waals surface area (Å²) in [6, 6.07) is 9.79. The highest BCUT2D eigenvalue weighted by Gasteiger charge is 2.24. The molecule has 0 spiro atoms. The minimum absolute atomic E-state index is 0.0146. The van der Waals surface area contributed by atoms with Gasteiger partial charge < -0.3 is 15.6 Å². The number of nitrogens with two attached hydrogens (primary N) is 1. The number of rotatable bonds is 4. The molecular formula is C19H24FNO2. The van der Waals surface area contributed by atoms with Crippen molar-refractivity contribution in [2.75, 3.05) is 12.3 Å². The van der Waals surface area contributed by atoms with E-state index in [9.17, 15) is 9.50 Å². The van der Waals surface area contributed by atoms with Crippen LogP contribution in [0.15, 0.2) is 36.4 Å². The lowest BCUT2D eigenvalue weighted by Gasteiger charge is -2.25. The molecule has 0 aliphatic rings. The minimum atomic E-state index is -0.495. The molecule has 3 N–H and O–H groups in total. The lowest BCUT2D eigenvalue weighted by Crippen LogP contribution is -2.14. The first-order valence-electron chi connectivity index (χ1n) is 7.74. The third-order valence-electron chi connectivity index (χ3n) is 3.82. The van der Waals surface area contributed by atoms with Gasteiger partial charge in [0.15, 0.2) is 0 Å². The summed E-state index contributed by atoms with van der Waals surface area (Å²) in [5.74, 6) is -0.294. The van der Waals surface area contributed by atoms with Gasteiger partial charge in [-0.25, -0.2) is 4.39 Å². The van der Waals surface area contributed by atoms with Gasteiger partial charge in [-0.2, -0.15) is 0 Å². The van der Waals surface area contributed by atoms with Crippen LogP contribution >= 0.6 is 0 Å². The Morgan fingerprint density at radius 1 is 1.17 bits per heavy atom. The fourth-order valence-corrected chi connectivity index (χ4v) is 2.48. The number of hydrogen-bond donors (Lipinski definition) is 2. The average molecular weight is 317 g/mol. The minimum Gasteiger partial charge on any atom is -0.505 e. The second-order valence-corrected chi connectivity index (χ2v) is 6.64. The van der Waals surface area contributed by atoms with Crippen molar-refractivity contribution >= 4 is 5.69 Å². The van der Waals surface area contributed by atoms with Crippen molar-refractivity contribution in [3.63, 3.8) is 0 Å². The van der Waals surface area contributed by atoms with Gasteiger partial charge >= 0.3 is 0 Å². The molecule has 0 aliphatic heterocycles. The Morgan fingerprint density at radius 3 is 2.30 bits per heavy atom. The SMILES string of the molecule is CCOC(c1ccc(F)cc1)c1cc(C(C)(C)C)cc(N)c1O. The Morgan fingerprint density at radius 2 is 1.78 bits per heavy atom. The van der Waals surface area contributed by atoms with E-state index in [2.05, 4.69) is 20.8 Å². The van der Waals surface area contributed by atoms with E-state index in [1.54, 1.807) is 18.2 Å². The van der Waals surface area contributed by atoms with Crippen LogP contribution in [0.5, 0.6) is 5.75 Å². The maximum absolute atomic E-state index is 13.2. The van der Waals surface area contributed by atoms with E-state index in [0.29, 0.717) is 17.9 Å². The summed E-state index contributed by atoms with van der Waals surface area (Å²) < 4.78 is 19.0. The van der Waals surface area contributed by atoms with Crippen LogP contribution in [0.25, 0.3) is 0 Å². The summed E-state index contributed by atoms with van der Waals surface area (Å²) in [5, 5.41) is 10.4. The van der Waals surface area contributed by atoms with E-state index >= 15 is 0 Å². The molecule has 0 aromatic heterocycles. The highest BCUT2D eigenvalue weighted by Crippen LogP contribution is 2.39. The number of hydrogen-bond acceptors (Lipinski definition) is 3. The Bertz CT molecular complexity index is 675. The Hall–Kier alpha value is -2.07. The lowest BCUT2D eigenvalue weighted by atomic mass is 9.84. The van der Waals surface area contributed by atoms with E-state index in [0.717, 1.165) is 11.1 Å². The average Bonchev–Trinajstić information content (AvgIpc) is 2.48. The molecule has 0 amide bonds. The van der Waals surface area contributed by atoms with Crippen LogP contribution < -0.4 is 5.73 Å². The molecule has 1 atom stereocenters. The van der Waals surface area contributed by atoms with Gasteiger partial charge in [-0.15, -0.1) is 0 Å². The quantitative estimate of drug-likeness (QED) is 0.643. The topological polar surface area (TPSA) is 55.5 Å². The van der Waals surface area contributed by atoms with Crippen LogP contribution in [-0.4, -0.2) is 11.7 Å². The zero-order chi connectivity index (χ0) is 17.2. The Kier molecular flexibility index (Phi) is 4.95. The van der Waals surface area contributed by atoms with Crippen LogP contribution in [0.4, 0.5) is 10.1 Å². The number of aromatic hydroxyl groups is 1. The molecule has 2 aromatic carbocycles. The van der Waals surface area contributed by atoms with E-state index < -0.39 is 6.10 Å². The zero-order valence-corrected chi connectivity index (χ0v) is 14.1. The van der Waals surface area contributed by atoms with Gasteiger partial charge in [-0.05, 0) is 47.7 Å². The highest BCUT2D eigenvalue weighted by molar-refractivity contribution is 5.60. The molecule has 0 saturated heterocycles. The molecule has 1 unspecified atom stereocenters. The third kappa shape index (κ3) is 3.82. The predicted octanol–water partition coefficient (Wildman–Crippen LogP) is 4.54. The maximum atomic E-state index is 13.2. The Balaban J connectivity index is 2.58. The first kappa shape index (κ1) is 17.3. The van der Waals surface area contributed by atoms with Crippen molar-refractivity contribution in [3.8, 4) is 5.75 Å². The molecule has 23 heavy (non-hydrogen) atoms. The van der Waals surface area contributed by atoms with E-state index in [1.807, 2.05) is 13.0 Å². The fraction of sp³-hybridized carbons (Fsp3) is 0.368. The second-order valence-electron chi connectivity index (χ2n) is 6.64. The highest BCUT2D eigenvalue weighted by atomic mass is 19.1. The van der Waals surface area contributed by atoms with Crippen LogP contribution in [-0.2, 0) is 10.2 Å². The lowest BCUT2D eigenvalue weighted by molar-refractivity contribution is 0.0894. The van der Waals surface area contributed by atoms with Crippen LogP contribution in [0.1, 0.15) is 50.5 Å². The Labute approximate surface area is 136 Å². The number of phenols is 1. The van der Waals surface area contributed by atoms with E-state index in [4.69, 9.17) is 10.5 Å². The van der Waals surface area contributed by atoms with Gasteiger partial charge in [0.1, 0.15) is 17.7 Å². The maximum Gasteiger partial charge on any atom is 0.144 e. The van der Waals surface area contributed by atoms with E-state index in [1.165, 1.54) is 12.1 Å². The zero-order valence-electron chi connectivity index (χ0n) is 14.1. The number of ether oxygens (including phenoxy) is 1. The summed E-state index contributed by atoms with van der Waals surface area (Å²) in [6.45, 7) is 8.58. The van der Waals surface area contributed by atoms with Gasteiger partial charge in [0.05, 0.1) is 5.69 Å². The third-order valence-corrected chi connectivity index (χ3v) is 3.82. The smallest absolute Gasteiger partial charge is 0.144 e. The molecule has 4 heteroatoms. The van der Waals surface area contributed by atoms with Gasteiger partial charge in [0.25, 0.3) is 0 Å². The van der Waals surface area contributed by atoms with Crippen molar-refractivity contribution in [1.29, 1.82) is 0 Å². The first-order chi connectivity index (χ1) is 10.7. The normalized spacial score (nSPS) is 13.1. The second kappa shape index (κ2) is 6.59. The molecule has 0 radical (unpaired) electrons. The number of benzene rings is 2. The number of halogens is 1. The molecule has 3 nitrogen and oxygen atoms in total. The number of nitrogen functional groups attached to an aromatic ring is 1. The molecule has 124 valence electrons. The first-order valence-corrected chi connectivity index (χ1v) is 7.74. The van der Waals surface area contributed by atoms with Gasteiger partial charge in [-0.1, -0.05) is 32.9 Å². The van der Waals surface area contributed by atoms with Crippen LogP contribution in [0.3, 0.4) is 0 Å². The summed E-state index contributed by atoms with van der Waals surface area (Å²) in [4.78, 5) is 0. The molecule has 2 aromatic rings. The molecule has 0 heterocycles. The summed E-state index contributed by atoms with van der Waals surface area (Å²) in [5.41, 5.74) is 8.57. The van der Waals surface area contributed by atoms with Crippen molar-refractivity contribution in [2.45, 2.75) is 39.2 Å². The molecule has 0 saturated carbocycles. The monoisotopic (exact) mass is 317 g/mol. The summed E-state index contributed by atoms with van der Waals surface area (Å²) in [6.07, 6.45) is -0.495. The fourth-order valence-electron chi connectivity index (χ4n) is 2.48. The van der Waals surface area contributed by atoms with Crippen molar-refractivity contribution in [3.05, 3.63) is 58.9 Å². The predicted molar refractivity (Wildman–Crippen MR) is 91.1 cm³/mol. The van der Waals surface area contributed by atoms with Gasteiger partial charge in [0, 0.05) is 12.2 Å². The number of phenolic OH excluding ortho intramolecular Hbond substituents is 1. The van der Waals surface area contributed by atoms with Gasteiger partial charge in [-0.3, -0.25) is 0 Å². The standard InChI is InChI=1S/C19H24FNO2/c1-5-23-18(12-6-8-14(20)9-7-12)15-10-13(19(2,3)4)11-16(21)17(15)22/h6-11,18,22H,5,21H2,1-4H3. The van der Waals surface area contributed by atoms with Crippen LogP contribution in [0, 0.1) is 5.82 Å². The van der Waals surface area contributed by atoms with Gasteiger partial charge in [0.2, 0.25) is 0 Å². The molecular weight excluding hydrogens is 293 g/mol. The van der Waals surface area contributed by atoms with E-state index in [-0.39, 0.29) is 17.0 Å². The van der Waals surface area contributed by atoms with Crippen molar-refractivity contribution in [1.82, 2.24) is 0 Å². The largest absolute Gasteiger partial charge is 0.505 e. The molecule has 0 bridgehead atoms. The molecule has 0 aliphatic carbocycles. The van der Waals surface area contributed by atoms with Crippen molar-refractivity contribution < 1.29 is 14.2 Å². The van der Waals surface area contributed by atoms with Crippen LogP contribution in [0.2, 0.25) is 0 Å². The summed E-state index contributed by atoms with van der Waals surface area (Å²) >= 11 is 0. The number of anilines is 1. The molecule has 2 rings (SSSR count). The van der Waals surface area contributed by atoms with Crippen molar-refractivity contribution in [2.24, 2.45) is 0 Å².